The van der Waals surface area contributed by atoms with E-state index in [1.54, 1.807) is 7.05 Å². The van der Waals surface area contributed by atoms with Crippen molar-refractivity contribution in [1.29, 1.82) is 0 Å². The first kappa shape index (κ1) is 14.4. The molecule has 100 valence electrons. The second kappa shape index (κ2) is 6.93. The van der Waals surface area contributed by atoms with Gasteiger partial charge in [-0.05, 0) is 47.0 Å². The predicted octanol–water partition coefficient (Wildman–Crippen LogP) is 0.0751. The molecule has 17 heavy (non-hydrogen) atoms. The highest BCUT2D eigenvalue weighted by Crippen LogP contribution is 2.18. The van der Waals surface area contributed by atoms with E-state index < -0.39 is 12.0 Å². The summed E-state index contributed by atoms with van der Waals surface area (Å²) in [6.45, 7) is 3.04. The van der Waals surface area contributed by atoms with Crippen molar-refractivity contribution in [2.24, 2.45) is 0 Å². The van der Waals surface area contributed by atoms with Crippen LogP contribution in [0.2, 0.25) is 0 Å². The first-order chi connectivity index (χ1) is 8.04. The summed E-state index contributed by atoms with van der Waals surface area (Å²) in [4.78, 5) is 15.5. The van der Waals surface area contributed by atoms with E-state index in [0.717, 1.165) is 19.6 Å². The lowest BCUT2D eigenvalue weighted by Gasteiger charge is -2.27. The van der Waals surface area contributed by atoms with Crippen LogP contribution in [0.1, 0.15) is 19.3 Å². The van der Waals surface area contributed by atoms with Crippen molar-refractivity contribution in [3.05, 3.63) is 0 Å². The van der Waals surface area contributed by atoms with Crippen LogP contribution in [0.4, 0.5) is 0 Å². The van der Waals surface area contributed by atoms with Crippen molar-refractivity contribution in [2.45, 2.75) is 31.3 Å². The molecule has 0 bridgehead atoms. The summed E-state index contributed by atoms with van der Waals surface area (Å²) in [5.41, 5.74) is 0. The van der Waals surface area contributed by atoms with Crippen LogP contribution in [-0.4, -0.2) is 73.7 Å². The molecule has 1 saturated heterocycles. The third-order valence-corrected chi connectivity index (χ3v) is 3.43. The zero-order valence-corrected chi connectivity index (χ0v) is 11.1. The Morgan fingerprint density at radius 2 is 2.29 bits per heavy atom. The highest BCUT2D eigenvalue weighted by molar-refractivity contribution is 5.73. The Hall–Kier alpha value is -0.650. The summed E-state index contributed by atoms with van der Waals surface area (Å²) in [6.07, 6.45) is 3.14. The predicted molar refractivity (Wildman–Crippen MR) is 68.2 cm³/mol. The topological polar surface area (TPSA) is 55.8 Å². The van der Waals surface area contributed by atoms with E-state index in [-0.39, 0.29) is 0 Å². The standard InChI is InChI=1S/C12H25N3O2/c1-13-11(12(16)17)6-8-15-7-4-5-10(15)9-14(2)3/h10-11,13H,4-9H2,1-3H3,(H,16,17). The van der Waals surface area contributed by atoms with E-state index in [1.165, 1.54) is 12.8 Å². The number of rotatable bonds is 7. The molecule has 5 nitrogen and oxygen atoms in total. The zero-order valence-electron chi connectivity index (χ0n) is 11.1. The second-order valence-corrected chi connectivity index (χ2v) is 5.06. The molecule has 1 heterocycles. The van der Waals surface area contributed by atoms with Gasteiger partial charge in [0.05, 0.1) is 0 Å². The van der Waals surface area contributed by atoms with Crippen LogP contribution in [0.15, 0.2) is 0 Å². The van der Waals surface area contributed by atoms with Crippen molar-refractivity contribution in [3.63, 3.8) is 0 Å². The molecule has 2 atom stereocenters. The normalized spacial score (nSPS) is 23.2. The fourth-order valence-electron chi connectivity index (χ4n) is 2.50. The van der Waals surface area contributed by atoms with Crippen molar-refractivity contribution in [3.8, 4) is 0 Å². The molecule has 0 aromatic rings. The molecule has 0 spiro atoms. The monoisotopic (exact) mass is 243 g/mol. The Bertz CT molecular complexity index is 246. The molecule has 0 aliphatic carbocycles. The minimum absolute atomic E-state index is 0.421. The number of likely N-dealkylation sites (tertiary alicyclic amines) is 1. The number of carbonyl (C=O) groups is 1. The lowest BCUT2D eigenvalue weighted by Crippen LogP contribution is -2.42. The molecule has 0 radical (unpaired) electrons. The van der Waals surface area contributed by atoms with Gasteiger partial charge in [0.15, 0.2) is 0 Å². The van der Waals surface area contributed by atoms with Crippen molar-refractivity contribution in [1.82, 2.24) is 15.1 Å². The van der Waals surface area contributed by atoms with Gasteiger partial charge < -0.3 is 15.3 Å². The highest BCUT2D eigenvalue weighted by Gasteiger charge is 2.26. The van der Waals surface area contributed by atoms with Gasteiger partial charge in [-0.25, -0.2) is 0 Å². The van der Waals surface area contributed by atoms with Crippen LogP contribution in [0.5, 0.6) is 0 Å². The quantitative estimate of drug-likeness (QED) is 0.663. The molecule has 1 rings (SSSR count). The van der Waals surface area contributed by atoms with E-state index in [9.17, 15) is 4.79 Å². The van der Waals surface area contributed by atoms with Crippen LogP contribution in [-0.2, 0) is 4.79 Å². The Morgan fingerprint density at radius 3 is 2.82 bits per heavy atom. The number of likely N-dealkylation sites (N-methyl/N-ethyl adjacent to an activating group) is 2. The highest BCUT2D eigenvalue weighted by atomic mass is 16.4. The SMILES string of the molecule is CNC(CCN1CCCC1CN(C)C)C(=O)O. The Labute approximate surface area is 104 Å². The summed E-state index contributed by atoms with van der Waals surface area (Å²) in [5, 5.41) is 11.8. The van der Waals surface area contributed by atoms with Crippen LogP contribution in [0, 0.1) is 0 Å². The van der Waals surface area contributed by atoms with Gasteiger partial charge in [-0.3, -0.25) is 9.69 Å². The van der Waals surface area contributed by atoms with E-state index in [2.05, 4.69) is 29.2 Å². The lowest BCUT2D eigenvalue weighted by atomic mass is 10.1. The molecule has 0 saturated carbocycles. The molecule has 0 amide bonds. The van der Waals surface area contributed by atoms with Crippen LogP contribution in [0.25, 0.3) is 0 Å². The maximum atomic E-state index is 10.9. The smallest absolute Gasteiger partial charge is 0.320 e. The maximum absolute atomic E-state index is 10.9. The van der Waals surface area contributed by atoms with Gasteiger partial charge in [0, 0.05) is 19.1 Å². The summed E-state index contributed by atoms with van der Waals surface area (Å²) >= 11 is 0. The molecule has 1 fully saturated rings. The third kappa shape index (κ3) is 4.61. The molecule has 0 aromatic carbocycles. The number of nitrogens with one attached hydrogen (secondary N) is 1. The Balaban J connectivity index is 2.36. The Kier molecular flexibility index (Phi) is 5.88. The number of nitrogens with zero attached hydrogens (tertiary/aromatic N) is 2. The molecular formula is C12H25N3O2. The summed E-state index contributed by atoms with van der Waals surface area (Å²) in [7, 11) is 5.88. The lowest BCUT2D eigenvalue weighted by molar-refractivity contribution is -0.139. The molecule has 1 aliphatic rings. The average molecular weight is 243 g/mol. The van der Waals surface area contributed by atoms with Gasteiger partial charge in [-0.15, -0.1) is 0 Å². The first-order valence-electron chi connectivity index (χ1n) is 6.33. The number of aliphatic carboxylic acids is 1. The molecule has 5 heteroatoms. The molecule has 2 unspecified atom stereocenters. The number of carboxylic acid groups (broad SMARTS) is 1. The van der Waals surface area contributed by atoms with Crippen molar-refractivity contribution in [2.75, 3.05) is 40.8 Å². The summed E-state index contributed by atoms with van der Waals surface area (Å²) in [5.74, 6) is -0.754. The molecule has 2 N–H and O–H groups in total. The number of hydrogen-bond acceptors (Lipinski definition) is 4. The zero-order chi connectivity index (χ0) is 12.8. The van der Waals surface area contributed by atoms with E-state index >= 15 is 0 Å². The van der Waals surface area contributed by atoms with Crippen molar-refractivity contribution >= 4 is 5.97 Å². The Morgan fingerprint density at radius 1 is 1.59 bits per heavy atom. The van der Waals surface area contributed by atoms with E-state index in [0.29, 0.717) is 12.5 Å². The van der Waals surface area contributed by atoms with Gasteiger partial charge in [-0.2, -0.15) is 0 Å². The first-order valence-corrected chi connectivity index (χ1v) is 6.33. The summed E-state index contributed by atoms with van der Waals surface area (Å²) in [6, 6.07) is 0.173. The largest absolute Gasteiger partial charge is 0.480 e. The average Bonchev–Trinajstić information content (AvgIpc) is 2.65. The van der Waals surface area contributed by atoms with E-state index in [4.69, 9.17) is 5.11 Å². The van der Waals surface area contributed by atoms with Crippen LogP contribution in [0.3, 0.4) is 0 Å². The van der Waals surface area contributed by atoms with Crippen LogP contribution >= 0.6 is 0 Å². The van der Waals surface area contributed by atoms with Gasteiger partial charge in [-0.1, -0.05) is 0 Å². The molecule has 1 aliphatic heterocycles. The fourth-order valence-corrected chi connectivity index (χ4v) is 2.50. The second-order valence-electron chi connectivity index (χ2n) is 5.06. The molecular weight excluding hydrogens is 218 g/mol. The van der Waals surface area contributed by atoms with Gasteiger partial charge in [0.2, 0.25) is 0 Å². The fraction of sp³-hybridized carbons (Fsp3) is 0.917. The van der Waals surface area contributed by atoms with Gasteiger partial charge in [0.25, 0.3) is 0 Å². The minimum atomic E-state index is -0.754. The van der Waals surface area contributed by atoms with Gasteiger partial charge in [0.1, 0.15) is 6.04 Å². The van der Waals surface area contributed by atoms with Gasteiger partial charge >= 0.3 is 5.97 Å². The third-order valence-electron chi connectivity index (χ3n) is 3.43. The maximum Gasteiger partial charge on any atom is 0.320 e. The minimum Gasteiger partial charge on any atom is -0.480 e. The van der Waals surface area contributed by atoms with Crippen molar-refractivity contribution < 1.29 is 9.90 Å². The van der Waals surface area contributed by atoms with Crippen LogP contribution < -0.4 is 5.32 Å². The summed E-state index contributed by atoms with van der Waals surface area (Å²) < 4.78 is 0. The molecule has 0 aromatic heterocycles. The van der Waals surface area contributed by atoms with E-state index in [1.807, 2.05) is 0 Å². The number of hydrogen-bond donors (Lipinski definition) is 2. The number of carboxylic acids is 1.